The van der Waals surface area contributed by atoms with Crippen molar-refractivity contribution >= 4 is 17.5 Å². The summed E-state index contributed by atoms with van der Waals surface area (Å²) in [5.74, 6) is -5.16. The fourth-order valence-electron chi connectivity index (χ4n) is 1.44. The van der Waals surface area contributed by atoms with Crippen LogP contribution in [0.15, 0.2) is 12.1 Å². The third kappa shape index (κ3) is 4.63. The number of nitrogens with one attached hydrogen (secondary N) is 1. The Kier molecular flexibility index (Phi) is 5.74. The SMILES string of the molecule is CCCc1cc(C(=O)NCC(F)(F)C(F)F)cc(Cl)n1. The average Bonchev–Trinajstić information content (AvgIpc) is 2.35. The predicted octanol–water partition coefficient (Wildman–Crippen LogP) is 3.32. The lowest BCUT2D eigenvalue weighted by atomic mass is 10.1. The molecule has 1 N–H and O–H groups in total. The summed E-state index contributed by atoms with van der Waals surface area (Å²) in [4.78, 5) is 15.6. The van der Waals surface area contributed by atoms with Crippen LogP contribution in [0.2, 0.25) is 5.15 Å². The van der Waals surface area contributed by atoms with Crippen molar-refractivity contribution in [2.75, 3.05) is 6.54 Å². The second-order valence-electron chi connectivity index (χ2n) is 4.16. The fourth-order valence-corrected chi connectivity index (χ4v) is 1.67. The van der Waals surface area contributed by atoms with E-state index in [0.29, 0.717) is 12.1 Å². The van der Waals surface area contributed by atoms with E-state index in [1.54, 1.807) is 5.32 Å². The molecule has 1 amide bonds. The monoisotopic (exact) mass is 312 g/mol. The van der Waals surface area contributed by atoms with Crippen LogP contribution < -0.4 is 5.32 Å². The van der Waals surface area contributed by atoms with Crippen LogP contribution in [0, 0.1) is 0 Å². The van der Waals surface area contributed by atoms with Gasteiger partial charge in [-0.1, -0.05) is 24.9 Å². The van der Waals surface area contributed by atoms with Crippen molar-refractivity contribution in [2.45, 2.75) is 32.1 Å². The molecule has 0 saturated heterocycles. The Balaban J connectivity index is 2.77. The molecule has 0 radical (unpaired) electrons. The Morgan fingerprint density at radius 2 is 2.10 bits per heavy atom. The number of nitrogens with zero attached hydrogens (tertiary/aromatic N) is 1. The first-order valence-corrected chi connectivity index (χ1v) is 6.24. The van der Waals surface area contributed by atoms with Crippen LogP contribution in [0.25, 0.3) is 0 Å². The lowest BCUT2D eigenvalue weighted by molar-refractivity contribution is -0.123. The minimum Gasteiger partial charge on any atom is -0.346 e. The molecule has 1 aromatic heterocycles. The van der Waals surface area contributed by atoms with Crippen molar-refractivity contribution in [2.24, 2.45) is 0 Å². The van der Waals surface area contributed by atoms with Crippen LogP contribution >= 0.6 is 11.6 Å². The number of halogens is 5. The van der Waals surface area contributed by atoms with E-state index in [4.69, 9.17) is 11.6 Å². The second-order valence-corrected chi connectivity index (χ2v) is 4.55. The number of alkyl halides is 4. The predicted molar refractivity (Wildman–Crippen MR) is 66.5 cm³/mol. The van der Waals surface area contributed by atoms with Crippen molar-refractivity contribution in [1.29, 1.82) is 0 Å². The lowest BCUT2D eigenvalue weighted by Gasteiger charge is -2.15. The van der Waals surface area contributed by atoms with E-state index in [9.17, 15) is 22.4 Å². The first-order chi connectivity index (χ1) is 9.26. The molecule has 0 fully saturated rings. The molecule has 0 saturated carbocycles. The molecule has 0 aliphatic rings. The number of aromatic nitrogens is 1. The molecule has 3 nitrogen and oxygen atoms in total. The maximum absolute atomic E-state index is 12.7. The van der Waals surface area contributed by atoms with Crippen molar-refractivity contribution in [3.8, 4) is 0 Å². The van der Waals surface area contributed by atoms with Crippen molar-refractivity contribution in [3.63, 3.8) is 0 Å². The van der Waals surface area contributed by atoms with Gasteiger partial charge in [-0.2, -0.15) is 8.78 Å². The molecule has 0 aliphatic carbocycles. The number of carbonyl (C=O) groups excluding carboxylic acids is 1. The van der Waals surface area contributed by atoms with E-state index in [1.807, 2.05) is 6.92 Å². The van der Waals surface area contributed by atoms with Gasteiger partial charge in [0, 0.05) is 11.3 Å². The number of rotatable bonds is 6. The molecule has 112 valence electrons. The molecule has 0 atom stereocenters. The van der Waals surface area contributed by atoms with Gasteiger partial charge in [-0.25, -0.2) is 13.8 Å². The number of pyridine rings is 1. The Morgan fingerprint density at radius 3 is 2.65 bits per heavy atom. The van der Waals surface area contributed by atoms with Crippen LogP contribution in [0.4, 0.5) is 17.6 Å². The summed E-state index contributed by atoms with van der Waals surface area (Å²) >= 11 is 5.71. The number of carbonyl (C=O) groups is 1. The summed E-state index contributed by atoms with van der Waals surface area (Å²) in [5.41, 5.74) is 0.546. The van der Waals surface area contributed by atoms with E-state index in [2.05, 4.69) is 4.98 Å². The van der Waals surface area contributed by atoms with Crippen LogP contribution in [0.3, 0.4) is 0 Å². The quantitative estimate of drug-likeness (QED) is 0.647. The molecule has 8 heteroatoms. The molecule has 0 aliphatic heterocycles. The number of hydrogen-bond donors (Lipinski definition) is 1. The van der Waals surface area contributed by atoms with Gasteiger partial charge >= 0.3 is 12.3 Å². The Morgan fingerprint density at radius 1 is 1.45 bits per heavy atom. The Labute approximate surface area is 118 Å². The summed E-state index contributed by atoms with van der Waals surface area (Å²) in [6, 6.07) is 2.59. The molecular weight excluding hydrogens is 300 g/mol. The zero-order valence-electron chi connectivity index (χ0n) is 10.6. The Bertz CT molecular complexity index is 483. The van der Waals surface area contributed by atoms with Gasteiger partial charge in [0.05, 0.1) is 6.54 Å². The van der Waals surface area contributed by atoms with E-state index in [0.717, 1.165) is 6.42 Å². The van der Waals surface area contributed by atoms with Crippen LogP contribution in [0.5, 0.6) is 0 Å². The number of amides is 1. The first kappa shape index (κ1) is 16.7. The maximum atomic E-state index is 12.7. The minimum atomic E-state index is -4.27. The summed E-state index contributed by atoms with van der Waals surface area (Å²) in [7, 11) is 0. The van der Waals surface area contributed by atoms with Gasteiger partial charge in [0.1, 0.15) is 5.15 Å². The van der Waals surface area contributed by atoms with Gasteiger partial charge in [0.25, 0.3) is 5.91 Å². The third-order valence-corrected chi connectivity index (χ3v) is 2.61. The zero-order chi connectivity index (χ0) is 15.3. The van der Waals surface area contributed by atoms with E-state index >= 15 is 0 Å². The molecule has 0 aromatic carbocycles. The molecule has 1 aromatic rings. The van der Waals surface area contributed by atoms with Gasteiger partial charge in [-0.15, -0.1) is 0 Å². The first-order valence-electron chi connectivity index (χ1n) is 5.87. The van der Waals surface area contributed by atoms with E-state index < -0.39 is 24.8 Å². The largest absolute Gasteiger partial charge is 0.346 e. The van der Waals surface area contributed by atoms with Gasteiger partial charge in [0.2, 0.25) is 0 Å². The second kappa shape index (κ2) is 6.88. The number of hydrogen-bond acceptors (Lipinski definition) is 2. The van der Waals surface area contributed by atoms with E-state index in [1.165, 1.54) is 12.1 Å². The Hall–Kier alpha value is -1.37. The van der Waals surface area contributed by atoms with Crippen molar-refractivity contribution in [1.82, 2.24) is 10.3 Å². The van der Waals surface area contributed by atoms with Crippen molar-refractivity contribution < 1.29 is 22.4 Å². The summed E-state index contributed by atoms with van der Waals surface area (Å²) in [6.07, 6.45) is -2.51. The van der Waals surface area contributed by atoms with Gasteiger partial charge in [0.15, 0.2) is 0 Å². The van der Waals surface area contributed by atoms with Gasteiger partial charge < -0.3 is 5.32 Å². The fraction of sp³-hybridized carbons (Fsp3) is 0.500. The van der Waals surface area contributed by atoms with Crippen LogP contribution in [0.1, 0.15) is 29.4 Å². The highest BCUT2D eigenvalue weighted by atomic mass is 35.5. The van der Waals surface area contributed by atoms with Crippen LogP contribution in [-0.4, -0.2) is 29.8 Å². The smallest absolute Gasteiger partial charge is 0.324 e. The number of aryl methyl sites for hydroxylation is 1. The highest BCUT2D eigenvalue weighted by molar-refractivity contribution is 6.29. The minimum absolute atomic E-state index is 0.0125. The lowest BCUT2D eigenvalue weighted by Crippen LogP contribution is -2.41. The molecule has 1 heterocycles. The average molecular weight is 313 g/mol. The molecule has 20 heavy (non-hydrogen) atoms. The van der Waals surface area contributed by atoms with Crippen LogP contribution in [-0.2, 0) is 6.42 Å². The summed E-state index contributed by atoms with van der Waals surface area (Å²) < 4.78 is 49.3. The highest BCUT2D eigenvalue weighted by Crippen LogP contribution is 2.21. The molecule has 0 spiro atoms. The van der Waals surface area contributed by atoms with Gasteiger partial charge in [-0.05, 0) is 18.6 Å². The van der Waals surface area contributed by atoms with E-state index in [-0.39, 0.29) is 10.7 Å². The molecule has 1 rings (SSSR count). The molecular formula is C12H13ClF4N2O. The molecule has 0 bridgehead atoms. The third-order valence-electron chi connectivity index (χ3n) is 2.42. The summed E-state index contributed by atoms with van der Waals surface area (Å²) in [5, 5.41) is 1.81. The normalized spacial score (nSPS) is 11.8. The van der Waals surface area contributed by atoms with Gasteiger partial charge in [-0.3, -0.25) is 4.79 Å². The topological polar surface area (TPSA) is 42.0 Å². The summed E-state index contributed by atoms with van der Waals surface area (Å²) in [6.45, 7) is 0.456. The standard InChI is InChI=1S/C12H13ClF4N2O/c1-2-3-8-4-7(5-9(13)19-8)10(20)18-6-12(16,17)11(14)15/h4-5,11H,2-3,6H2,1H3,(H,18,20). The molecule has 0 unspecified atom stereocenters. The van der Waals surface area contributed by atoms with Crippen molar-refractivity contribution in [3.05, 3.63) is 28.5 Å². The highest BCUT2D eigenvalue weighted by Gasteiger charge is 2.40. The maximum Gasteiger partial charge on any atom is 0.324 e. The zero-order valence-corrected chi connectivity index (χ0v) is 11.4.